The summed E-state index contributed by atoms with van der Waals surface area (Å²) in [6.07, 6.45) is 4.27. The lowest BCUT2D eigenvalue weighted by atomic mass is 9.78. The molecule has 104 valence electrons. The third kappa shape index (κ3) is 2.72. The maximum absolute atomic E-state index is 12.2. The van der Waals surface area contributed by atoms with Crippen LogP contribution in [0.3, 0.4) is 0 Å². The number of hydrogen-bond donors (Lipinski definition) is 2. The Morgan fingerprint density at radius 3 is 2.58 bits per heavy atom. The van der Waals surface area contributed by atoms with Crippen LogP contribution < -0.4 is 0 Å². The summed E-state index contributed by atoms with van der Waals surface area (Å²) in [7, 11) is 1.62. The van der Waals surface area contributed by atoms with Crippen LogP contribution in [0.2, 0.25) is 0 Å². The summed E-state index contributed by atoms with van der Waals surface area (Å²) in [5.74, 6) is -1.32. The molecule has 8 nitrogen and oxygen atoms in total. The van der Waals surface area contributed by atoms with Gasteiger partial charge in [0, 0.05) is 7.05 Å². The standard InChI is InChI=1S/C11H17N5O3/c1-16(10(19)9-12-14-15-13-9)11(7-8(17)18)5-3-2-4-6-11/h2-7H2,1H3,(H,17,18)(H,12,13,14,15). The summed E-state index contributed by atoms with van der Waals surface area (Å²) in [4.78, 5) is 24.8. The quantitative estimate of drug-likeness (QED) is 0.819. The Kier molecular flexibility index (Phi) is 3.77. The highest BCUT2D eigenvalue weighted by atomic mass is 16.4. The summed E-state index contributed by atoms with van der Waals surface area (Å²) in [5.41, 5.74) is -0.637. The van der Waals surface area contributed by atoms with E-state index in [0.29, 0.717) is 12.8 Å². The second kappa shape index (κ2) is 5.33. The number of nitrogens with one attached hydrogen (secondary N) is 1. The fourth-order valence-corrected chi connectivity index (χ4v) is 2.74. The fourth-order valence-electron chi connectivity index (χ4n) is 2.74. The van der Waals surface area contributed by atoms with Crippen molar-refractivity contribution in [3.05, 3.63) is 5.82 Å². The second-order valence-electron chi connectivity index (χ2n) is 4.96. The van der Waals surface area contributed by atoms with Crippen molar-refractivity contribution in [1.82, 2.24) is 25.5 Å². The second-order valence-corrected chi connectivity index (χ2v) is 4.96. The first-order valence-corrected chi connectivity index (χ1v) is 6.28. The van der Waals surface area contributed by atoms with Crippen molar-refractivity contribution in [3.63, 3.8) is 0 Å². The molecule has 1 aliphatic carbocycles. The molecule has 0 saturated heterocycles. The smallest absolute Gasteiger partial charge is 0.305 e. The number of carbonyl (C=O) groups is 2. The molecule has 0 atom stereocenters. The minimum Gasteiger partial charge on any atom is -0.481 e. The van der Waals surface area contributed by atoms with Gasteiger partial charge in [0.25, 0.3) is 11.7 Å². The fraction of sp³-hybridized carbons (Fsp3) is 0.727. The Balaban J connectivity index is 2.22. The Hall–Kier alpha value is -1.99. The molecular formula is C11H17N5O3. The summed E-state index contributed by atoms with van der Waals surface area (Å²) in [6, 6.07) is 0. The Morgan fingerprint density at radius 2 is 2.05 bits per heavy atom. The minimum atomic E-state index is -0.894. The number of carboxylic acids is 1. The molecule has 19 heavy (non-hydrogen) atoms. The van der Waals surface area contributed by atoms with Gasteiger partial charge in [-0.1, -0.05) is 19.3 Å². The molecule has 1 heterocycles. The zero-order valence-corrected chi connectivity index (χ0v) is 10.8. The maximum Gasteiger partial charge on any atom is 0.305 e. The van der Waals surface area contributed by atoms with Crippen molar-refractivity contribution in [2.75, 3.05) is 7.05 Å². The van der Waals surface area contributed by atoms with Gasteiger partial charge in [-0.2, -0.15) is 5.21 Å². The van der Waals surface area contributed by atoms with E-state index < -0.39 is 17.4 Å². The molecule has 1 aromatic heterocycles. The van der Waals surface area contributed by atoms with Crippen molar-refractivity contribution in [2.24, 2.45) is 0 Å². The summed E-state index contributed by atoms with van der Waals surface area (Å²) < 4.78 is 0. The van der Waals surface area contributed by atoms with Gasteiger partial charge < -0.3 is 10.0 Å². The molecule has 2 rings (SSSR count). The zero-order chi connectivity index (χ0) is 13.9. The average Bonchev–Trinajstić information content (AvgIpc) is 2.91. The number of rotatable bonds is 4. The number of tetrazole rings is 1. The molecule has 0 bridgehead atoms. The Labute approximate surface area is 110 Å². The van der Waals surface area contributed by atoms with E-state index >= 15 is 0 Å². The number of amides is 1. The Morgan fingerprint density at radius 1 is 1.37 bits per heavy atom. The van der Waals surface area contributed by atoms with Crippen LogP contribution in [-0.4, -0.2) is 55.1 Å². The van der Waals surface area contributed by atoms with Crippen LogP contribution in [0.15, 0.2) is 0 Å². The van der Waals surface area contributed by atoms with Crippen molar-refractivity contribution < 1.29 is 14.7 Å². The molecule has 1 aromatic rings. The first kappa shape index (κ1) is 13.4. The predicted octanol–water partition coefficient (Wildman–Crippen LogP) is 0.449. The summed E-state index contributed by atoms with van der Waals surface area (Å²) in [6.45, 7) is 0. The third-order valence-electron chi connectivity index (χ3n) is 3.82. The van der Waals surface area contributed by atoms with E-state index in [1.54, 1.807) is 7.05 Å². The van der Waals surface area contributed by atoms with Crippen LogP contribution in [0.5, 0.6) is 0 Å². The average molecular weight is 267 g/mol. The highest BCUT2D eigenvalue weighted by molar-refractivity contribution is 5.91. The molecule has 0 spiro atoms. The van der Waals surface area contributed by atoms with Gasteiger partial charge in [-0.05, 0) is 18.1 Å². The number of aromatic amines is 1. The molecule has 0 unspecified atom stereocenters. The molecule has 8 heteroatoms. The summed E-state index contributed by atoms with van der Waals surface area (Å²) >= 11 is 0. The number of hydrogen-bond acceptors (Lipinski definition) is 5. The molecule has 1 amide bonds. The van der Waals surface area contributed by atoms with Gasteiger partial charge in [0.2, 0.25) is 0 Å². The first-order valence-electron chi connectivity index (χ1n) is 6.28. The van der Waals surface area contributed by atoms with Crippen LogP contribution in [-0.2, 0) is 4.79 Å². The topological polar surface area (TPSA) is 112 Å². The van der Waals surface area contributed by atoms with Crippen molar-refractivity contribution >= 4 is 11.9 Å². The van der Waals surface area contributed by atoms with E-state index in [2.05, 4.69) is 20.6 Å². The van der Waals surface area contributed by atoms with Gasteiger partial charge in [-0.15, -0.1) is 10.2 Å². The number of carboxylic acid groups (broad SMARTS) is 1. The van der Waals surface area contributed by atoms with Crippen LogP contribution in [0.1, 0.15) is 49.1 Å². The van der Waals surface area contributed by atoms with E-state index in [1.165, 1.54) is 4.90 Å². The van der Waals surface area contributed by atoms with Gasteiger partial charge in [-0.3, -0.25) is 9.59 Å². The van der Waals surface area contributed by atoms with Crippen LogP contribution in [0, 0.1) is 0 Å². The van der Waals surface area contributed by atoms with Gasteiger partial charge in [0.1, 0.15) is 0 Å². The molecule has 1 aliphatic rings. The number of aromatic nitrogens is 4. The number of H-pyrrole nitrogens is 1. The van der Waals surface area contributed by atoms with Crippen LogP contribution in [0.4, 0.5) is 0 Å². The van der Waals surface area contributed by atoms with E-state index in [4.69, 9.17) is 5.11 Å². The molecule has 1 saturated carbocycles. The van der Waals surface area contributed by atoms with Crippen LogP contribution in [0.25, 0.3) is 0 Å². The normalized spacial score (nSPS) is 17.9. The molecule has 1 fully saturated rings. The lowest BCUT2D eigenvalue weighted by molar-refractivity contribution is -0.140. The van der Waals surface area contributed by atoms with Crippen LogP contribution >= 0.6 is 0 Å². The molecule has 0 aromatic carbocycles. The number of aliphatic carboxylic acids is 1. The van der Waals surface area contributed by atoms with Gasteiger partial charge in [0.05, 0.1) is 12.0 Å². The van der Waals surface area contributed by atoms with E-state index in [-0.39, 0.29) is 12.2 Å². The maximum atomic E-state index is 12.2. The lowest BCUT2D eigenvalue weighted by Gasteiger charge is -2.43. The number of carbonyl (C=O) groups excluding carboxylic acids is 1. The predicted molar refractivity (Wildman–Crippen MR) is 64.3 cm³/mol. The molecule has 0 aliphatic heterocycles. The highest BCUT2D eigenvalue weighted by Gasteiger charge is 2.41. The molecule has 0 radical (unpaired) electrons. The van der Waals surface area contributed by atoms with E-state index in [0.717, 1.165) is 19.3 Å². The largest absolute Gasteiger partial charge is 0.481 e. The van der Waals surface area contributed by atoms with Gasteiger partial charge >= 0.3 is 5.97 Å². The van der Waals surface area contributed by atoms with E-state index in [9.17, 15) is 9.59 Å². The van der Waals surface area contributed by atoms with E-state index in [1.807, 2.05) is 0 Å². The van der Waals surface area contributed by atoms with Gasteiger partial charge in [0.15, 0.2) is 0 Å². The van der Waals surface area contributed by atoms with Crippen molar-refractivity contribution in [1.29, 1.82) is 0 Å². The molecule has 2 N–H and O–H groups in total. The highest BCUT2D eigenvalue weighted by Crippen LogP contribution is 2.36. The number of nitrogens with zero attached hydrogens (tertiary/aromatic N) is 4. The Bertz CT molecular complexity index is 453. The third-order valence-corrected chi connectivity index (χ3v) is 3.82. The monoisotopic (exact) mass is 267 g/mol. The first-order chi connectivity index (χ1) is 9.05. The van der Waals surface area contributed by atoms with Crippen molar-refractivity contribution in [3.8, 4) is 0 Å². The zero-order valence-electron chi connectivity index (χ0n) is 10.8. The SMILES string of the molecule is CN(C(=O)c1nn[nH]n1)C1(CC(=O)O)CCCCC1. The van der Waals surface area contributed by atoms with Gasteiger partial charge in [-0.25, -0.2) is 0 Å². The summed E-state index contributed by atoms with van der Waals surface area (Å²) in [5, 5.41) is 22.0. The lowest BCUT2D eigenvalue weighted by Crippen LogP contribution is -2.52. The van der Waals surface area contributed by atoms with Crippen molar-refractivity contribution in [2.45, 2.75) is 44.1 Å². The minimum absolute atomic E-state index is 0.0298. The molecular weight excluding hydrogens is 250 g/mol.